The van der Waals surface area contributed by atoms with Crippen LogP contribution in [-0.2, 0) is 0 Å². The molecule has 0 aliphatic carbocycles. The molecule has 66 valence electrons. The van der Waals surface area contributed by atoms with Crippen LogP contribution in [0.3, 0.4) is 0 Å². The monoisotopic (exact) mass is 236 g/mol. The van der Waals surface area contributed by atoms with Crippen LogP contribution < -0.4 is 0 Å². The number of aromatic amines is 1. The van der Waals surface area contributed by atoms with Crippen molar-refractivity contribution in [3.8, 4) is 0 Å². The van der Waals surface area contributed by atoms with Crippen molar-refractivity contribution in [2.24, 2.45) is 0 Å². The number of hydrogen-bond acceptors (Lipinski definition) is 1. The average Bonchev–Trinajstić information content (AvgIpc) is 2.61. The van der Waals surface area contributed by atoms with Crippen LogP contribution in [0, 0.1) is 0 Å². The van der Waals surface area contributed by atoms with Gasteiger partial charge in [0.1, 0.15) is 0 Å². The first kappa shape index (κ1) is 8.51. The second-order valence-electron chi connectivity index (χ2n) is 2.74. The molecule has 1 N–H and O–H groups in total. The van der Waals surface area contributed by atoms with Gasteiger partial charge in [-0.1, -0.05) is 34.1 Å². The zero-order valence-electron chi connectivity index (χ0n) is 7.00. The largest absolute Gasteiger partial charge is 0.345 e. The highest BCUT2D eigenvalue weighted by molar-refractivity contribution is 9.09. The minimum Gasteiger partial charge on any atom is -0.345 e. The fourth-order valence-electron chi connectivity index (χ4n) is 1.24. The molecule has 1 heterocycles. The van der Waals surface area contributed by atoms with Crippen molar-refractivity contribution in [3.63, 3.8) is 0 Å². The maximum absolute atomic E-state index is 4.15. The fraction of sp³-hybridized carbons (Fsp3) is 0.100. The standard InChI is InChI=1S/C10H9BrN2/c11-5-1-2-8-3-4-9-10(6-8)13-7-12-9/h1-4,6-7H,5H2,(H,12,13). The number of aromatic nitrogens is 2. The van der Waals surface area contributed by atoms with Gasteiger partial charge in [-0.25, -0.2) is 4.98 Å². The molecule has 0 radical (unpaired) electrons. The Hall–Kier alpha value is -1.09. The number of nitrogens with zero attached hydrogens (tertiary/aromatic N) is 1. The Kier molecular flexibility index (Phi) is 2.45. The number of allylic oxidation sites excluding steroid dienone is 1. The van der Waals surface area contributed by atoms with Gasteiger partial charge < -0.3 is 4.98 Å². The van der Waals surface area contributed by atoms with Crippen LogP contribution in [0.5, 0.6) is 0 Å². The first-order valence-corrected chi connectivity index (χ1v) is 5.18. The molecule has 0 saturated heterocycles. The summed E-state index contributed by atoms with van der Waals surface area (Å²) in [5, 5.41) is 0.883. The van der Waals surface area contributed by atoms with E-state index in [9.17, 15) is 0 Å². The summed E-state index contributed by atoms with van der Waals surface area (Å²) < 4.78 is 0. The van der Waals surface area contributed by atoms with Crippen LogP contribution >= 0.6 is 15.9 Å². The molecule has 0 atom stereocenters. The molecule has 0 aliphatic heterocycles. The quantitative estimate of drug-likeness (QED) is 0.799. The molecule has 0 aliphatic rings. The Morgan fingerprint density at radius 1 is 1.46 bits per heavy atom. The summed E-state index contributed by atoms with van der Waals surface area (Å²) in [5.41, 5.74) is 3.28. The Bertz CT molecular complexity index is 431. The summed E-state index contributed by atoms with van der Waals surface area (Å²) in [4.78, 5) is 7.23. The zero-order chi connectivity index (χ0) is 9.10. The van der Waals surface area contributed by atoms with Crippen LogP contribution in [0.2, 0.25) is 0 Å². The van der Waals surface area contributed by atoms with E-state index in [2.05, 4.69) is 50.2 Å². The summed E-state index contributed by atoms with van der Waals surface area (Å²) >= 11 is 3.34. The second kappa shape index (κ2) is 3.75. The van der Waals surface area contributed by atoms with Gasteiger partial charge in [-0.3, -0.25) is 0 Å². The summed E-state index contributed by atoms with van der Waals surface area (Å²) in [5.74, 6) is 0. The molecule has 1 aromatic heterocycles. The fourth-order valence-corrected chi connectivity index (χ4v) is 1.42. The Balaban J connectivity index is 2.42. The molecular weight excluding hydrogens is 228 g/mol. The lowest BCUT2D eigenvalue weighted by Gasteiger charge is -1.92. The number of halogens is 1. The minimum absolute atomic E-state index is 0.883. The molecule has 2 rings (SSSR count). The molecule has 1 aromatic carbocycles. The Morgan fingerprint density at radius 3 is 3.23 bits per heavy atom. The predicted octanol–water partition coefficient (Wildman–Crippen LogP) is 2.97. The van der Waals surface area contributed by atoms with Gasteiger partial charge in [-0.2, -0.15) is 0 Å². The summed E-state index contributed by atoms with van der Waals surface area (Å²) in [6, 6.07) is 6.16. The van der Waals surface area contributed by atoms with Crippen molar-refractivity contribution >= 4 is 33.0 Å². The van der Waals surface area contributed by atoms with Crippen LogP contribution in [-0.4, -0.2) is 15.3 Å². The first-order chi connectivity index (χ1) is 6.40. The Labute approximate surface area is 84.8 Å². The number of nitrogens with one attached hydrogen (secondary N) is 1. The second-order valence-corrected chi connectivity index (χ2v) is 3.38. The number of alkyl halides is 1. The Morgan fingerprint density at radius 2 is 2.38 bits per heavy atom. The summed E-state index contributed by atoms with van der Waals surface area (Å²) in [7, 11) is 0. The summed E-state index contributed by atoms with van der Waals surface area (Å²) in [6.45, 7) is 0. The van der Waals surface area contributed by atoms with Crippen molar-refractivity contribution < 1.29 is 0 Å². The summed E-state index contributed by atoms with van der Waals surface area (Å²) in [6.07, 6.45) is 5.86. The van der Waals surface area contributed by atoms with Crippen LogP contribution in [0.4, 0.5) is 0 Å². The molecule has 0 bridgehead atoms. The molecule has 3 heteroatoms. The van der Waals surface area contributed by atoms with Crippen LogP contribution in [0.25, 0.3) is 17.1 Å². The third kappa shape index (κ3) is 1.80. The van der Waals surface area contributed by atoms with Crippen molar-refractivity contribution in [3.05, 3.63) is 36.2 Å². The maximum Gasteiger partial charge on any atom is 0.0931 e. The molecule has 0 saturated carbocycles. The zero-order valence-corrected chi connectivity index (χ0v) is 8.58. The predicted molar refractivity (Wildman–Crippen MR) is 58.9 cm³/mol. The van der Waals surface area contributed by atoms with Gasteiger partial charge in [0, 0.05) is 5.33 Å². The lowest BCUT2D eigenvalue weighted by molar-refractivity contribution is 1.34. The molecule has 2 aromatic rings. The molecule has 0 fully saturated rings. The van der Waals surface area contributed by atoms with Gasteiger partial charge in [-0.15, -0.1) is 0 Å². The lowest BCUT2D eigenvalue weighted by atomic mass is 10.2. The number of benzene rings is 1. The molecule has 0 unspecified atom stereocenters. The first-order valence-electron chi connectivity index (χ1n) is 4.06. The van der Waals surface area contributed by atoms with Crippen LogP contribution in [0.1, 0.15) is 5.56 Å². The van der Waals surface area contributed by atoms with Gasteiger partial charge in [0.2, 0.25) is 0 Å². The van der Waals surface area contributed by atoms with Crippen LogP contribution in [0.15, 0.2) is 30.6 Å². The molecule has 0 amide bonds. The van der Waals surface area contributed by atoms with Gasteiger partial charge >= 0.3 is 0 Å². The number of hydrogen-bond donors (Lipinski definition) is 1. The molecule has 0 spiro atoms. The molecule has 2 nitrogen and oxygen atoms in total. The SMILES string of the molecule is BrCC=Cc1ccc2nc[nH]c2c1. The minimum atomic E-state index is 0.883. The van der Waals surface area contributed by atoms with Crippen molar-refractivity contribution in [1.29, 1.82) is 0 Å². The molecular formula is C10H9BrN2. The average molecular weight is 237 g/mol. The number of H-pyrrole nitrogens is 1. The van der Waals surface area contributed by atoms with Crippen molar-refractivity contribution in [1.82, 2.24) is 9.97 Å². The maximum atomic E-state index is 4.15. The van der Waals surface area contributed by atoms with E-state index in [0.29, 0.717) is 0 Å². The van der Waals surface area contributed by atoms with E-state index in [4.69, 9.17) is 0 Å². The van der Waals surface area contributed by atoms with E-state index in [0.717, 1.165) is 16.4 Å². The van der Waals surface area contributed by atoms with E-state index in [-0.39, 0.29) is 0 Å². The van der Waals surface area contributed by atoms with Crippen molar-refractivity contribution in [2.45, 2.75) is 0 Å². The van der Waals surface area contributed by atoms with Gasteiger partial charge in [0.25, 0.3) is 0 Å². The van der Waals surface area contributed by atoms with E-state index < -0.39 is 0 Å². The van der Waals surface area contributed by atoms with E-state index >= 15 is 0 Å². The number of imidazole rings is 1. The highest BCUT2D eigenvalue weighted by Gasteiger charge is 1.94. The van der Waals surface area contributed by atoms with Crippen molar-refractivity contribution in [2.75, 3.05) is 5.33 Å². The van der Waals surface area contributed by atoms with Gasteiger partial charge in [0.05, 0.1) is 17.4 Å². The normalized spacial score (nSPS) is 11.5. The topological polar surface area (TPSA) is 28.7 Å². The van der Waals surface area contributed by atoms with Gasteiger partial charge in [-0.05, 0) is 17.7 Å². The third-order valence-corrected chi connectivity index (χ3v) is 2.22. The highest BCUT2D eigenvalue weighted by Crippen LogP contribution is 2.12. The third-order valence-electron chi connectivity index (χ3n) is 1.84. The molecule has 13 heavy (non-hydrogen) atoms. The highest BCUT2D eigenvalue weighted by atomic mass is 79.9. The lowest BCUT2D eigenvalue weighted by Crippen LogP contribution is -1.73. The van der Waals surface area contributed by atoms with E-state index in [1.54, 1.807) is 6.33 Å². The number of rotatable bonds is 2. The van der Waals surface area contributed by atoms with E-state index in [1.807, 2.05) is 6.07 Å². The number of fused-ring (bicyclic) bond motifs is 1. The van der Waals surface area contributed by atoms with E-state index in [1.165, 1.54) is 5.56 Å². The van der Waals surface area contributed by atoms with Gasteiger partial charge in [0.15, 0.2) is 0 Å². The smallest absolute Gasteiger partial charge is 0.0931 e.